The molecular weight excluding hydrogens is 1690 g/mol. The van der Waals surface area contributed by atoms with Gasteiger partial charge in [0.05, 0.1) is 5.02 Å². The fourth-order valence-corrected chi connectivity index (χ4v) is 25.7. The summed E-state index contributed by atoms with van der Waals surface area (Å²) in [6, 6.07) is 184. The van der Waals surface area contributed by atoms with Crippen molar-refractivity contribution >= 4 is 184 Å². The van der Waals surface area contributed by atoms with Gasteiger partial charge in [0.15, 0.2) is 0 Å². The second kappa shape index (κ2) is 30.2. The first-order valence-corrected chi connectivity index (χ1v) is 48.7. The number of halogens is 1. The van der Waals surface area contributed by atoms with Gasteiger partial charge in [0.1, 0.15) is 0 Å². The van der Waals surface area contributed by atoms with Crippen molar-refractivity contribution in [3.63, 3.8) is 0 Å². The molecule has 0 bridgehead atoms. The van der Waals surface area contributed by atoms with E-state index in [9.17, 15) is 11.6 Å². The fraction of sp³-hybridized carbons (Fsp3) is 0. The third-order valence-electron chi connectivity index (χ3n) is 31.0. The Hall–Kier alpha value is -17.7. The Balaban J connectivity index is 0.890. The standard InChI is InChI=1S/C138H79Cl/c139-138-134(116-69-65-90-49-26-58-108-105-55-23-44-82-46-28-61-114(120(82)105)130(116)122(90)108)125(85-35-10-3-11-36-85)127(87-39-14-5-15-40-87)136-135-126(86-37-12-4-13-38-86)123(83-31-6-1-7-32-83)124(84-33-8-2-9-34-84)131(109-59-29-50-93-76-96-77-94-74-91-41-16-17-42-92(91)75-95(94)78-97(96)79-117(93)109)133(135)103-53-21-20-52-99(103)111-72-73-112(106-56-24-47-88-63-67-102-101-66-62-80-30-18-19-51-98(80)100(101)70-71-110(102)118(88)106)128(132(111)137(136)138)115-68-64-89-48-25-57-107-104-54-22-43-81-45-27-60-113(119(81)104)129(115)121(89)107/h1-79H. The monoisotopic (exact) mass is 1770 g/mol. The molecule has 0 spiro atoms. The van der Waals surface area contributed by atoms with Gasteiger partial charge < -0.3 is 0 Å². The van der Waals surface area contributed by atoms with Crippen molar-refractivity contribution in [3.8, 4) is 145 Å². The number of hydrogen-bond donors (Lipinski definition) is 0. The molecule has 30 rings (SSSR count). The summed E-state index contributed by atoms with van der Waals surface area (Å²) in [5.74, 6) is 0. The smallest absolute Gasteiger partial charge is 0.0576 e. The summed E-state index contributed by atoms with van der Waals surface area (Å²) in [4.78, 5) is 0. The van der Waals surface area contributed by atoms with Gasteiger partial charge in [-0.05, 0) is 331 Å². The summed E-state index contributed by atoms with van der Waals surface area (Å²) in [5.41, 5.74) is 27.5. The minimum Gasteiger partial charge on any atom is -0.0829 e. The fourth-order valence-electron chi connectivity index (χ4n) is 25.3. The van der Waals surface area contributed by atoms with E-state index in [4.69, 9.17) is 0 Å². The van der Waals surface area contributed by atoms with Crippen molar-refractivity contribution in [2.45, 2.75) is 0 Å². The van der Waals surface area contributed by atoms with Crippen LogP contribution in [0.1, 0.15) is 0 Å². The Morgan fingerprint density at radius 2 is 0.396 bits per heavy atom. The average molecular weight is 1770 g/mol. The van der Waals surface area contributed by atoms with Crippen LogP contribution in [0.15, 0.2) is 479 Å². The van der Waals surface area contributed by atoms with Crippen LogP contribution < -0.4 is 0 Å². The van der Waals surface area contributed by atoms with E-state index in [1.165, 1.54) is 140 Å². The molecule has 139 heavy (non-hydrogen) atoms. The van der Waals surface area contributed by atoms with Gasteiger partial charge in [-0.25, -0.2) is 0 Å². The van der Waals surface area contributed by atoms with Crippen LogP contribution in [0.25, 0.3) is 317 Å². The molecule has 0 fully saturated rings. The lowest BCUT2D eigenvalue weighted by molar-refractivity contribution is 1.48. The van der Waals surface area contributed by atoms with Crippen molar-refractivity contribution in [2.24, 2.45) is 0 Å². The van der Waals surface area contributed by atoms with Gasteiger partial charge in [-0.1, -0.05) is 454 Å². The number of benzene rings is 29. The van der Waals surface area contributed by atoms with Gasteiger partial charge in [-0.15, -0.1) is 0 Å². The van der Waals surface area contributed by atoms with Crippen LogP contribution in [-0.4, -0.2) is 0 Å². The molecule has 638 valence electrons. The minimum absolute atomic E-state index is 0.632. The molecule has 0 heterocycles. The maximum Gasteiger partial charge on any atom is 0.0576 e. The van der Waals surface area contributed by atoms with Gasteiger partial charge >= 0.3 is 0 Å². The maximum atomic E-state index is 10.3. The van der Waals surface area contributed by atoms with Crippen molar-refractivity contribution in [2.75, 3.05) is 0 Å². The minimum atomic E-state index is 0.632. The van der Waals surface area contributed by atoms with Crippen LogP contribution in [0.5, 0.6) is 0 Å². The van der Waals surface area contributed by atoms with Crippen molar-refractivity contribution < 1.29 is 0 Å². The molecule has 1 aliphatic rings. The van der Waals surface area contributed by atoms with E-state index < -0.39 is 0 Å². The molecule has 0 radical (unpaired) electrons. The van der Waals surface area contributed by atoms with E-state index >= 15 is 0 Å². The highest BCUT2D eigenvalue weighted by molar-refractivity contribution is 6.45. The van der Waals surface area contributed by atoms with Crippen LogP contribution in [-0.2, 0) is 0 Å². The van der Waals surface area contributed by atoms with Gasteiger partial charge in [0, 0.05) is 22.3 Å². The largest absolute Gasteiger partial charge is 0.0829 e. The van der Waals surface area contributed by atoms with E-state index in [2.05, 4.69) is 479 Å². The Morgan fingerprint density at radius 3 is 0.928 bits per heavy atom. The van der Waals surface area contributed by atoms with Crippen LogP contribution in [0.2, 0.25) is 5.02 Å². The number of rotatable bonds is 9. The Morgan fingerprint density at radius 1 is 0.101 bits per heavy atom. The zero-order chi connectivity index (χ0) is 90.9. The molecule has 1 heteroatoms. The molecule has 0 saturated carbocycles. The molecule has 0 N–H and O–H groups in total. The van der Waals surface area contributed by atoms with Crippen molar-refractivity contribution in [1.82, 2.24) is 0 Å². The Kier molecular flexibility index (Phi) is 16.9. The molecule has 0 atom stereocenters. The second-order valence-electron chi connectivity index (χ2n) is 38.1. The first-order valence-electron chi connectivity index (χ1n) is 48.4. The molecule has 0 unspecified atom stereocenters. The third kappa shape index (κ3) is 11.4. The van der Waals surface area contributed by atoms with E-state index in [1.807, 2.05) is 0 Å². The van der Waals surface area contributed by atoms with Crippen molar-refractivity contribution in [1.29, 1.82) is 0 Å². The maximum absolute atomic E-state index is 10.3. The van der Waals surface area contributed by atoms with Crippen LogP contribution >= 0.6 is 11.6 Å². The third-order valence-corrected chi connectivity index (χ3v) is 31.4. The summed E-state index contributed by atoms with van der Waals surface area (Å²) < 4.78 is 0. The molecule has 29 aromatic carbocycles. The van der Waals surface area contributed by atoms with Crippen molar-refractivity contribution in [3.05, 3.63) is 484 Å². The second-order valence-corrected chi connectivity index (χ2v) is 38.4. The summed E-state index contributed by atoms with van der Waals surface area (Å²) in [6.45, 7) is 0. The SMILES string of the molecule is Clc1c2c(c(-c3ccccc3)c(-c3ccccc3)c1-c1ccc3cccc4c5cccc6cccc(c1c34)c65)-c1c(-c3ccccc3)c(-c3ccccc3)c(-c3ccccc3)c(-c3cccc4cc5cc6cc7ccccc7cc6cc5cc34)c1-c1ccccc1-c1ccc(-c3cccc4ccc5c6ccc7ccccc7c6ccc5c34)c(-c3ccc4cccc5c6cccc7cccc(c3c45)c76)c1-2. The van der Waals surface area contributed by atoms with Crippen LogP contribution in [0, 0.1) is 0 Å². The number of hydrogen-bond acceptors (Lipinski definition) is 0. The van der Waals surface area contributed by atoms with Gasteiger partial charge in [-0.2, -0.15) is 0 Å². The molecular formula is C138H79Cl. The molecule has 0 aliphatic heterocycles. The summed E-state index contributed by atoms with van der Waals surface area (Å²) in [6.07, 6.45) is 0. The van der Waals surface area contributed by atoms with Gasteiger partial charge in [-0.3, -0.25) is 0 Å². The lowest BCUT2D eigenvalue weighted by Gasteiger charge is -2.36. The molecule has 1 aliphatic carbocycles. The van der Waals surface area contributed by atoms with E-state index in [0.29, 0.717) is 5.02 Å². The number of fused-ring (bicyclic) bond motifs is 23. The first kappa shape index (κ1) is 77.8. The topological polar surface area (TPSA) is 0 Å². The Labute approximate surface area is 806 Å². The van der Waals surface area contributed by atoms with E-state index in [-0.39, 0.29) is 0 Å². The summed E-state index contributed by atoms with van der Waals surface area (Å²) in [7, 11) is 0. The Bertz CT molecular complexity index is 10400. The predicted octanol–water partition coefficient (Wildman–Crippen LogP) is 39.7. The quantitative estimate of drug-likeness (QED) is 0.0998. The summed E-state index contributed by atoms with van der Waals surface area (Å²) >= 11 is 10.3. The van der Waals surface area contributed by atoms with Crippen LogP contribution in [0.4, 0.5) is 0 Å². The average Bonchev–Trinajstić information content (AvgIpc) is 0.673. The predicted molar refractivity (Wildman–Crippen MR) is 598 cm³/mol. The molecule has 0 amide bonds. The van der Waals surface area contributed by atoms with Gasteiger partial charge in [0.2, 0.25) is 0 Å². The van der Waals surface area contributed by atoms with Crippen LogP contribution in [0.3, 0.4) is 0 Å². The van der Waals surface area contributed by atoms with E-state index in [1.54, 1.807) is 0 Å². The molecule has 0 saturated heterocycles. The lowest BCUT2D eigenvalue weighted by atomic mass is 9.67. The molecule has 0 nitrogen and oxygen atoms in total. The lowest BCUT2D eigenvalue weighted by Crippen LogP contribution is -2.09. The highest BCUT2D eigenvalue weighted by atomic mass is 35.5. The normalized spacial score (nSPS) is 12.2. The molecule has 0 aromatic heterocycles. The van der Waals surface area contributed by atoms with Gasteiger partial charge in [0.25, 0.3) is 0 Å². The first-order chi connectivity index (χ1) is 68.9. The highest BCUT2D eigenvalue weighted by Crippen LogP contribution is 2.68. The highest BCUT2D eigenvalue weighted by Gasteiger charge is 2.41. The zero-order valence-electron chi connectivity index (χ0n) is 75.5. The molecule has 29 aromatic rings. The zero-order valence-corrected chi connectivity index (χ0v) is 76.2. The van der Waals surface area contributed by atoms with E-state index in [0.717, 1.165) is 177 Å². The summed E-state index contributed by atoms with van der Waals surface area (Å²) in [5, 5.41) is 38.9.